The molecule has 0 saturated heterocycles. The smallest absolute Gasteiger partial charge is 0.407 e. The summed E-state index contributed by atoms with van der Waals surface area (Å²) in [4.78, 5) is 26.6. The molecule has 2 aromatic carbocycles. The first-order valence-corrected chi connectivity index (χ1v) is 14.0. The maximum absolute atomic E-state index is 12.1. The number of amides is 1. The molecule has 0 unspecified atom stereocenters. The van der Waals surface area contributed by atoms with Gasteiger partial charge in [-0.05, 0) is 71.1 Å². The van der Waals surface area contributed by atoms with E-state index in [9.17, 15) is 4.79 Å². The predicted octanol–water partition coefficient (Wildman–Crippen LogP) is 6.68. The lowest BCUT2D eigenvalue weighted by molar-refractivity contribution is 0.0492. The maximum atomic E-state index is 12.1. The summed E-state index contributed by atoms with van der Waals surface area (Å²) in [7, 11) is 0. The summed E-state index contributed by atoms with van der Waals surface area (Å²) in [6, 6.07) is 12.0. The highest BCUT2D eigenvalue weighted by molar-refractivity contribution is 7.13. The molecule has 204 valence electrons. The molecule has 2 aromatic heterocycles. The number of nitrogens with two attached hydrogens (primary N) is 1. The van der Waals surface area contributed by atoms with Gasteiger partial charge in [0.15, 0.2) is 0 Å². The first-order valence-electron chi connectivity index (χ1n) is 13.1. The summed E-state index contributed by atoms with van der Waals surface area (Å²) in [5, 5.41) is 8.34. The van der Waals surface area contributed by atoms with Gasteiger partial charge in [-0.1, -0.05) is 24.3 Å². The van der Waals surface area contributed by atoms with Crippen molar-refractivity contribution in [2.24, 2.45) is 0 Å². The van der Waals surface area contributed by atoms with Gasteiger partial charge < -0.3 is 25.8 Å². The van der Waals surface area contributed by atoms with Crippen LogP contribution in [-0.4, -0.2) is 38.7 Å². The van der Waals surface area contributed by atoms with Crippen LogP contribution in [0.2, 0.25) is 0 Å². The van der Waals surface area contributed by atoms with Crippen LogP contribution in [0.3, 0.4) is 0 Å². The zero-order valence-electron chi connectivity index (χ0n) is 22.7. The lowest BCUT2D eigenvalue weighted by atomic mass is 9.91. The minimum atomic E-state index is -0.504. The Morgan fingerprint density at radius 2 is 1.77 bits per heavy atom. The molecular weight excluding hydrogens is 512 g/mol. The molecule has 1 aliphatic rings. The van der Waals surface area contributed by atoms with Crippen LogP contribution in [0.4, 0.5) is 16.4 Å². The minimum Gasteiger partial charge on any atom is -0.444 e. The first-order chi connectivity index (χ1) is 18.7. The molecule has 2 heterocycles. The van der Waals surface area contributed by atoms with E-state index in [1.165, 1.54) is 11.3 Å². The van der Waals surface area contributed by atoms with Crippen LogP contribution in [0.1, 0.15) is 52.0 Å². The van der Waals surface area contributed by atoms with Crippen molar-refractivity contribution < 1.29 is 14.3 Å². The van der Waals surface area contributed by atoms with E-state index in [4.69, 9.17) is 20.2 Å². The summed E-state index contributed by atoms with van der Waals surface area (Å²) < 4.78 is 11.8. The van der Waals surface area contributed by atoms with Crippen molar-refractivity contribution in [1.29, 1.82) is 0 Å². The quantitative estimate of drug-likeness (QED) is 0.229. The topological polar surface area (TPSA) is 124 Å². The Morgan fingerprint density at radius 1 is 1.05 bits per heavy atom. The molecule has 0 aliphatic heterocycles. The monoisotopic (exact) mass is 546 g/mol. The van der Waals surface area contributed by atoms with E-state index in [0.717, 1.165) is 64.0 Å². The Labute approximate surface area is 232 Å². The summed E-state index contributed by atoms with van der Waals surface area (Å²) in [5.41, 5.74) is 9.89. The van der Waals surface area contributed by atoms with Gasteiger partial charge in [-0.3, -0.25) is 0 Å². The van der Waals surface area contributed by atoms with Crippen LogP contribution in [0.15, 0.2) is 48.1 Å². The average Bonchev–Trinajstić information content (AvgIpc) is 3.35. The highest BCUT2D eigenvalue weighted by Gasteiger charge is 2.25. The van der Waals surface area contributed by atoms with E-state index >= 15 is 0 Å². The molecule has 1 aliphatic carbocycles. The number of nitrogens with zero attached hydrogens (tertiary/aromatic N) is 3. The SMILES string of the molecule is Cc1cc(N)c2ccccc2c1Oc1ncsc1-c1ccnc(N[C@H]2CC[C@H](NC(=O)OC(C)(C)C)CC2)n1. The summed E-state index contributed by atoms with van der Waals surface area (Å²) in [5.74, 6) is 1.79. The molecule has 9 nitrogen and oxygen atoms in total. The van der Waals surface area contributed by atoms with E-state index < -0.39 is 5.60 Å². The number of nitrogens with one attached hydrogen (secondary N) is 2. The molecule has 1 fully saturated rings. The van der Waals surface area contributed by atoms with Gasteiger partial charge in [-0.15, -0.1) is 11.3 Å². The van der Waals surface area contributed by atoms with Crippen LogP contribution in [0.25, 0.3) is 21.3 Å². The third-order valence-electron chi connectivity index (χ3n) is 6.62. The number of alkyl carbamates (subject to hydrolysis) is 1. The number of anilines is 2. The Balaban J connectivity index is 1.26. The van der Waals surface area contributed by atoms with Crippen molar-refractivity contribution in [3.8, 4) is 22.2 Å². The van der Waals surface area contributed by atoms with Crippen LogP contribution < -0.4 is 21.1 Å². The lowest BCUT2D eigenvalue weighted by Crippen LogP contribution is -2.42. The molecule has 4 N–H and O–H groups in total. The van der Waals surface area contributed by atoms with E-state index in [1.807, 2.05) is 64.1 Å². The van der Waals surface area contributed by atoms with Gasteiger partial charge in [0.25, 0.3) is 0 Å². The van der Waals surface area contributed by atoms with Gasteiger partial charge in [0.05, 0.1) is 11.2 Å². The zero-order valence-corrected chi connectivity index (χ0v) is 23.5. The second-order valence-corrected chi connectivity index (χ2v) is 11.7. The van der Waals surface area contributed by atoms with E-state index in [2.05, 4.69) is 20.6 Å². The average molecular weight is 547 g/mol. The second kappa shape index (κ2) is 11.1. The van der Waals surface area contributed by atoms with Gasteiger partial charge in [-0.2, -0.15) is 0 Å². The molecule has 1 amide bonds. The normalized spacial score (nSPS) is 17.5. The second-order valence-electron chi connectivity index (χ2n) is 10.9. The van der Waals surface area contributed by atoms with Crippen molar-refractivity contribution in [2.45, 2.75) is 71.1 Å². The fourth-order valence-electron chi connectivity index (χ4n) is 4.83. The van der Waals surface area contributed by atoms with Crippen molar-refractivity contribution in [2.75, 3.05) is 11.1 Å². The summed E-state index contributed by atoms with van der Waals surface area (Å²) >= 11 is 1.47. The number of rotatable bonds is 6. The highest BCUT2D eigenvalue weighted by atomic mass is 32.1. The largest absolute Gasteiger partial charge is 0.444 e. The minimum absolute atomic E-state index is 0.106. The van der Waals surface area contributed by atoms with E-state index in [1.54, 1.807) is 11.7 Å². The number of benzene rings is 2. The van der Waals surface area contributed by atoms with Crippen molar-refractivity contribution in [1.82, 2.24) is 20.3 Å². The fraction of sp³-hybridized carbons (Fsp3) is 0.379. The molecule has 1 saturated carbocycles. The first kappa shape index (κ1) is 26.7. The number of carbonyl (C=O) groups excluding carboxylic acids is 1. The van der Waals surface area contributed by atoms with E-state index in [-0.39, 0.29) is 18.2 Å². The highest BCUT2D eigenvalue weighted by Crippen LogP contribution is 2.40. The van der Waals surface area contributed by atoms with Gasteiger partial charge >= 0.3 is 6.09 Å². The molecule has 0 radical (unpaired) electrons. The molecule has 4 aromatic rings. The van der Waals surface area contributed by atoms with Gasteiger partial charge in [-0.25, -0.2) is 19.7 Å². The van der Waals surface area contributed by atoms with Crippen LogP contribution >= 0.6 is 11.3 Å². The Hall–Kier alpha value is -3.92. The van der Waals surface area contributed by atoms with Crippen LogP contribution in [0.5, 0.6) is 11.6 Å². The lowest BCUT2D eigenvalue weighted by Gasteiger charge is -2.30. The molecular formula is C29H34N6O3S. The molecule has 5 rings (SSSR count). The summed E-state index contributed by atoms with van der Waals surface area (Å²) in [6.07, 6.45) is 4.89. The number of hydrogen-bond acceptors (Lipinski definition) is 9. The van der Waals surface area contributed by atoms with Gasteiger partial charge in [0, 0.05) is 34.7 Å². The van der Waals surface area contributed by atoms with Crippen LogP contribution in [-0.2, 0) is 4.74 Å². The summed E-state index contributed by atoms with van der Waals surface area (Å²) in [6.45, 7) is 7.58. The van der Waals surface area contributed by atoms with Crippen molar-refractivity contribution >= 4 is 39.8 Å². The number of carbonyl (C=O) groups is 1. The molecule has 0 spiro atoms. The van der Waals surface area contributed by atoms with Crippen LogP contribution in [0, 0.1) is 6.92 Å². The Bertz CT molecular complexity index is 1470. The zero-order chi connectivity index (χ0) is 27.6. The Morgan fingerprint density at radius 3 is 2.51 bits per heavy atom. The molecule has 39 heavy (non-hydrogen) atoms. The number of hydrogen-bond donors (Lipinski definition) is 3. The third-order valence-corrected chi connectivity index (χ3v) is 7.45. The van der Waals surface area contributed by atoms with Crippen molar-refractivity contribution in [3.05, 3.63) is 53.7 Å². The molecule has 10 heteroatoms. The molecule has 0 bridgehead atoms. The maximum Gasteiger partial charge on any atom is 0.407 e. The number of ether oxygens (including phenoxy) is 2. The number of aromatic nitrogens is 3. The van der Waals surface area contributed by atoms with E-state index in [0.29, 0.717) is 11.8 Å². The standard InChI is InChI=1S/C29H34N6O3S/c1-17-15-22(30)20-7-5-6-8-21(20)24(17)37-26-25(39-16-32-26)23-13-14-31-27(35-23)33-18-9-11-19(12-10-18)34-28(36)38-29(2,3)4/h5-8,13-16,18-19H,9-12,30H2,1-4H3,(H,34,36)(H,31,33,35)/t18-,19-. The fourth-order valence-corrected chi connectivity index (χ4v) is 5.51. The predicted molar refractivity (Wildman–Crippen MR) is 155 cm³/mol. The number of fused-ring (bicyclic) bond motifs is 1. The van der Waals surface area contributed by atoms with Crippen molar-refractivity contribution in [3.63, 3.8) is 0 Å². The van der Waals surface area contributed by atoms with Gasteiger partial charge in [0.2, 0.25) is 11.8 Å². The number of nitrogen functional groups attached to an aromatic ring is 1. The van der Waals surface area contributed by atoms with Gasteiger partial charge in [0.1, 0.15) is 16.2 Å². The number of aryl methyl sites for hydroxylation is 1. The molecule has 0 atom stereocenters. The Kier molecular flexibility index (Phi) is 7.56. The third kappa shape index (κ3) is 6.39. The number of thiazole rings is 1.